The molecule has 1 amide bonds. The van der Waals surface area contributed by atoms with E-state index in [1.165, 1.54) is 0 Å². The number of nitrogens with one attached hydrogen (secondary N) is 2. The zero-order valence-corrected chi connectivity index (χ0v) is 12.2. The van der Waals surface area contributed by atoms with Gasteiger partial charge in [0, 0.05) is 32.0 Å². The van der Waals surface area contributed by atoms with Gasteiger partial charge in [0.15, 0.2) is 0 Å². The number of hydrogen-bond acceptors (Lipinski definition) is 3. The molecular weight excluding hydrogens is 226 g/mol. The first kappa shape index (κ1) is 16.9. The zero-order valence-electron chi connectivity index (χ0n) is 12.2. The summed E-state index contributed by atoms with van der Waals surface area (Å²) in [6.45, 7) is 9.87. The number of nitrogens with zero attached hydrogens (tertiary/aromatic N) is 1. The number of rotatable bonds is 9. The van der Waals surface area contributed by atoms with Crippen LogP contribution in [0, 0.1) is 16.7 Å². The first-order chi connectivity index (χ1) is 8.41. The van der Waals surface area contributed by atoms with Gasteiger partial charge in [0.1, 0.15) is 0 Å². The molecule has 0 radical (unpaired) electrons. The van der Waals surface area contributed by atoms with Gasteiger partial charge in [-0.05, 0) is 25.2 Å². The van der Waals surface area contributed by atoms with E-state index in [1.54, 1.807) is 0 Å². The molecule has 0 aromatic carbocycles. The Hall–Kier alpha value is -1.08. The van der Waals surface area contributed by atoms with Crippen molar-refractivity contribution in [3.8, 4) is 6.07 Å². The van der Waals surface area contributed by atoms with Crippen molar-refractivity contribution in [2.45, 2.75) is 59.4 Å². The number of amides is 1. The van der Waals surface area contributed by atoms with E-state index in [1.807, 2.05) is 6.92 Å². The van der Waals surface area contributed by atoms with Crippen molar-refractivity contribution in [3.63, 3.8) is 0 Å². The third kappa shape index (κ3) is 9.00. The van der Waals surface area contributed by atoms with Crippen molar-refractivity contribution in [2.75, 3.05) is 13.1 Å². The molecule has 0 rings (SSSR count). The smallest absolute Gasteiger partial charge is 0.221 e. The fourth-order valence-corrected chi connectivity index (χ4v) is 1.56. The highest BCUT2D eigenvalue weighted by atomic mass is 16.1. The highest BCUT2D eigenvalue weighted by molar-refractivity contribution is 5.76. The molecule has 0 bridgehead atoms. The minimum atomic E-state index is 0.103. The maximum atomic E-state index is 11.5. The number of hydrogen-bond donors (Lipinski definition) is 2. The van der Waals surface area contributed by atoms with Crippen molar-refractivity contribution < 1.29 is 4.79 Å². The summed E-state index contributed by atoms with van der Waals surface area (Å²) in [4.78, 5) is 11.5. The normalized spacial score (nSPS) is 12.8. The minimum absolute atomic E-state index is 0.103. The summed E-state index contributed by atoms with van der Waals surface area (Å²) < 4.78 is 0. The molecule has 0 unspecified atom stereocenters. The molecule has 0 fully saturated rings. The molecule has 0 aliphatic rings. The monoisotopic (exact) mass is 253 g/mol. The van der Waals surface area contributed by atoms with Gasteiger partial charge in [0.2, 0.25) is 5.91 Å². The first-order valence-electron chi connectivity index (χ1n) is 6.78. The Balaban J connectivity index is 3.67. The molecule has 0 aliphatic heterocycles. The Bertz CT molecular complexity index is 281. The van der Waals surface area contributed by atoms with Crippen molar-refractivity contribution >= 4 is 5.91 Å². The molecule has 1 atom stereocenters. The van der Waals surface area contributed by atoms with Crippen LogP contribution in [0.5, 0.6) is 0 Å². The van der Waals surface area contributed by atoms with E-state index in [9.17, 15) is 4.79 Å². The summed E-state index contributed by atoms with van der Waals surface area (Å²) in [5.41, 5.74) is 0.114. The summed E-state index contributed by atoms with van der Waals surface area (Å²) in [5, 5.41) is 14.8. The van der Waals surface area contributed by atoms with Gasteiger partial charge in [0.25, 0.3) is 0 Å². The highest BCUT2D eigenvalue weighted by Gasteiger charge is 2.16. The molecule has 0 saturated heterocycles. The molecule has 0 saturated carbocycles. The van der Waals surface area contributed by atoms with Gasteiger partial charge < -0.3 is 10.6 Å². The van der Waals surface area contributed by atoms with E-state index < -0.39 is 0 Å². The fraction of sp³-hybridized carbons (Fsp3) is 0.857. The van der Waals surface area contributed by atoms with E-state index in [0.717, 1.165) is 19.4 Å². The standard InChI is InChI=1S/C14H27N3O/c1-5-12(2)17-13(18)7-10-16-11-14(3,4)8-6-9-15/h12,16H,5-8,10-11H2,1-4H3,(H,17,18)/t12-/m0/s1. The molecule has 0 aliphatic carbocycles. The average molecular weight is 253 g/mol. The molecule has 0 aromatic heterocycles. The Morgan fingerprint density at radius 3 is 2.67 bits per heavy atom. The first-order valence-corrected chi connectivity index (χ1v) is 6.78. The molecule has 0 spiro atoms. The summed E-state index contributed by atoms with van der Waals surface area (Å²) in [6.07, 6.45) is 2.94. The van der Waals surface area contributed by atoms with Crippen LogP contribution >= 0.6 is 0 Å². The maximum absolute atomic E-state index is 11.5. The van der Waals surface area contributed by atoms with Crippen LogP contribution in [0.1, 0.15) is 53.4 Å². The summed E-state index contributed by atoms with van der Waals surface area (Å²) in [5.74, 6) is 0.103. The Labute approximate surface area is 111 Å². The third-order valence-corrected chi connectivity index (χ3v) is 3.07. The van der Waals surface area contributed by atoms with Crippen LogP contribution in [0.3, 0.4) is 0 Å². The molecule has 0 heterocycles. The zero-order chi connectivity index (χ0) is 14.0. The summed E-state index contributed by atoms with van der Waals surface area (Å²) >= 11 is 0. The van der Waals surface area contributed by atoms with Crippen LogP contribution in [0.2, 0.25) is 0 Å². The fourth-order valence-electron chi connectivity index (χ4n) is 1.56. The summed E-state index contributed by atoms with van der Waals surface area (Å²) in [7, 11) is 0. The van der Waals surface area contributed by atoms with Gasteiger partial charge in [-0.3, -0.25) is 4.79 Å². The minimum Gasteiger partial charge on any atom is -0.354 e. The maximum Gasteiger partial charge on any atom is 0.221 e. The topological polar surface area (TPSA) is 64.9 Å². The van der Waals surface area contributed by atoms with E-state index in [4.69, 9.17) is 5.26 Å². The van der Waals surface area contributed by atoms with Crippen molar-refractivity contribution in [1.29, 1.82) is 5.26 Å². The lowest BCUT2D eigenvalue weighted by molar-refractivity contribution is -0.121. The summed E-state index contributed by atoms with van der Waals surface area (Å²) in [6, 6.07) is 2.42. The lowest BCUT2D eigenvalue weighted by Gasteiger charge is -2.23. The molecule has 104 valence electrons. The predicted molar refractivity (Wildman–Crippen MR) is 74.0 cm³/mol. The Morgan fingerprint density at radius 2 is 2.11 bits per heavy atom. The SMILES string of the molecule is CC[C@H](C)NC(=O)CCNCC(C)(C)CCC#N. The molecule has 4 heteroatoms. The van der Waals surface area contributed by atoms with Gasteiger partial charge in [-0.1, -0.05) is 20.8 Å². The molecular formula is C14H27N3O. The largest absolute Gasteiger partial charge is 0.354 e. The molecule has 18 heavy (non-hydrogen) atoms. The van der Waals surface area contributed by atoms with Crippen LogP contribution in [0.4, 0.5) is 0 Å². The van der Waals surface area contributed by atoms with Gasteiger partial charge in [-0.15, -0.1) is 0 Å². The predicted octanol–water partition coefficient (Wildman–Crippen LogP) is 2.21. The van der Waals surface area contributed by atoms with Crippen LogP contribution in [-0.2, 0) is 4.79 Å². The van der Waals surface area contributed by atoms with Crippen LogP contribution in [-0.4, -0.2) is 25.0 Å². The van der Waals surface area contributed by atoms with E-state index in [0.29, 0.717) is 19.4 Å². The Morgan fingerprint density at radius 1 is 1.44 bits per heavy atom. The number of nitriles is 1. The number of carbonyl (C=O) groups is 1. The molecule has 0 aromatic rings. The second kappa shape index (κ2) is 8.93. The van der Waals surface area contributed by atoms with Crippen LogP contribution < -0.4 is 10.6 Å². The quantitative estimate of drug-likeness (QED) is 0.619. The lowest BCUT2D eigenvalue weighted by atomic mass is 9.88. The second-order valence-corrected chi connectivity index (χ2v) is 5.63. The molecule has 2 N–H and O–H groups in total. The molecule has 4 nitrogen and oxygen atoms in total. The van der Waals surface area contributed by atoms with Crippen LogP contribution in [0.25, 0.3) is 0 Å². The second-order valence-electron chi connectivity index (χ2n) is 5.63. The van der Waals surface area contributed by atoms with Crippen molar-refractivity contribution in [2.24, 2.45) is 5.41 Å². The number of carbonyl (C=O) groups excluding carboxylic acids is 1. The van der Waals surface area contributed by atoms with Gasteiger partial charge >= 0.3 is 0 Å². The van der Waals surface area contributed by atoms with Crippen molar-refractivity contribution in [1.82, 2.24) is 10.6 Å². The average Bonchev–Trinajstić information content (AvgIpc) is 2.32. The van der Waals surface area contributed by atoms with Gasteiger partial charge in [0.05, 0.1) is 6.07 Å². The van der Waals surface area contributed by atoms with Crippen molar-refractivity contribution in [3.05, 3.63) is 0 Å². The van der Waals surface area contributed by atoms with Gasteiger partial charge in [-0.25, -0.2) is 0 Å². The van der Waals surface area contributed by atoms with E-state index >= 15 is 0 Å². The van der Waals surface area contributed by atoms with E-state index in [-0.39, 0.29) is 17.4 Å². The lowest BCUT2D eigenvalue weighted by Crippen LogP contribution is -2.36. The third-order valence-electron chi connectivity index (χ3n) is 3.07. The van der Waals surface area contributed by atoms with Crippen LogP contribution in [0.15, 0.2) is 0 Å². The van der Waals surface area contributed by atoms with E-state index in [2.05, 4.69) is 37.5 Å². The van der Waals surface area contributed by atoms with Gasteiger partial charge in [-0.2, -0.15) is 5.26 Å². The Kier molecular flexibility index (Phi) is 8.40. The highest BCUT2D eigenvalue weighted by Crippen LogP contribution is 2.20.